The second-order valence-corrected chi connectivity index (χ2v) is 5.54. The van der Waals surface area contributed by atoms with Crippen LogP contribution < -0.4 is 0 Å². The maximum absolute atomic E-state index is 11.8. The Labute approximate surface area is 100 Å². The Morgan fingerprint density at radius 1 is 1.35 bits per heavy atom. The summed E-state index contributed by atoms with van der Waals surface area (Å²) >= 11 is 0. The maximum atomic E-state index is 11.8. The lowest BCUT2D eigenvalue weighted by atomic mass is 9.80. The summed E-state index contributed by atoms with van der Waals surface area (Å²) in [5, 5.41) is 10.5. The summed E-state index contributed by atoms with van der Waals surface area (Å²) in [5.74, 6) is -1.79. The molecule has 0 spiro atoms. The van der Waals surface area contributed by atoms with E-state index in [2.05, 4.69) is 0 Å². The van der Waals surface area contributed by atoms with Crippen molar-refractivity contribution in [2.45, 2.75) is 40.2 Å². The summed E-state index contributed by atoms with van der Waals surface area (Å²) in [6.07, 6.45) is 0.547. The van der Waals surface area contributed by atoms with Gasteiger partial charge >= 0.3 is 5.97 Å². The van der Waals surface area contributed by atoms with Crippen LogP contribution in [0, 0.1) is 21.4 Å². The summed E-state index contributed by atoms with van der Waals surface area (Å²) in [6.45, 7) is 7.36. The first kappa shape index (κ1) is 15.5. The molecule has 0 saturated carbocycles. The summed E-state index contributed by atoms with van der Waals surface area (Å²) in [6, 6.07) is 0. The highest BCUT2D eigenvalue weighted by Gasteiger charge is 2.41. The molecule has 0 fully saturated rings. The highest BCUT2D eigenvalue weighted by molar-refractivity contribution is 5.79. The molecule has 1 atom stereocenters. The van der Waals surface area contributed by atoms with Crippen LogP contribution in [0.5, 0.6) is 0 Å². The Hall–Kier alpha value is -1.46. The predicted molar refractivity (Wildman–Crippen MR) is 61.0 cm³/mol. The molecular weight excluding hydrogens is 226 g/mol. The minimum absolute atomic E-state index is 0.547. The monoisotopic (exact) mass is 245 g/mol. The van der Waals surface area contributed by atoms with Crippen molar-refractivity contribution in [1.29, 1.82) is 0 Å². The van der Waals surface area contributed by atoms with Crippen LogP contribution in [0.1, 0.15) is 34.6 Å². The third-order valence-corrected chi connectivity index (χ3v) is 2.22. The lowest BCUT2D eigenvalue weighted by molar-refractivity contribution is -0.488. The second kappa shape index (κ2) is 5.25. The molecule has 0 unspecified atom stereocenters. The number of rotatable bonds is 5. The average molecular weight is 245 g/mol. The van der Waals surface area contributed by atoms with Crippen LogP contribution in [0.15, 0.2) is 0 Å². The van der Waals surface area contributed by atoms with Crippen LogP contribution >= 0.6 is 0 Å². The molecule has 0 rings (SSSR count). The standard InChI is InChI=1S/C11H19NO5/c1-10(2,3)17-9(14)8(6-12(15)16)11(4,5)7-13/h7-8H,6H2,1-5H3/t8-/m0/s1. The minimum atomic E-state index is -1.12. The van der Waals surface area contributed by atoms with Gasteiger partial charge in [0.05, 0.1) is 0 Å². The van der Waals surface area contributed by atoms with E-state index in [-0.39, 0.29) is 0 Å². The van der Waals surface area contributed by atoms with Gasteiger partial charge in [-0.1, -0.05) is 13.8 Å². The third kappa shape index (κ3) is 5.42. The van der Waals surface area contributed by atoms with Crippen LogP contribution in [0.3, 0.4) is 0 Å². The molecule has 0 amide bonds. The topological polar surface area (TPSA) is 86.5 Å². The van der Waals surface area contributed by atoms with Gasteiger partial charge in [-0.3, -0.25) is 14.9 Å². The Balaban J connectivity index is 5.00. The van der Waals surface area contributed by atoms with Crippen LogP contribution in [-0.2, 0) is 14.3 Å². The molecule has 0 radical (unpaired) electrons. The molecule has 98 valence electrons. The highest BCUT2D eigenvalue weighted by atomic mass is 16.6. The van der Waals surface area contributed by atoms with Crippen molar-refractivity contribution in [3.05, 3.63) is 10.1 Å². The molecule has 0 aromatic carbocycles. The Kier molecular flexibility index (Phi) is 4.80. The van der Waals surface area contributed by atoms with Crippen molar-refractivity contribution in [3.8, 4) is 0 Å². The number of nitro groups is 1. The molecule has 0 N–H and O–H groups in total. The van der Waals surface area contributed by atoms with Crippen molar-refractivity contribution in [3.63, 3.8) is 0 Å². The summed E-state index contributed by atoms with van der Waals surface area (Å²) in [7, 11) is 0. The van der Waals surface area contributed by atoms with Gasteiger partial charge in [-0.25, -0.2) is 0 Å². The first-order valence-electron chi connectivity index (χ1n) is 5.30. The number of ether oxygens (including phenoxy) is 1. The highest BCUT2D eigenvalue weighted by Crippen LogP contribution is 2.27. The minimum Gasteiger partial charge on any atom is -0.460 e. The van der Waals surface area contributed by atoms with Crippen LogP contribution in [0.25, 0.3) is 0 Å². The van der Waals surface area contributed by atoms with Crippen molar-refractivity contribution in [2.75, 3.05) is 6.54 Å². The molecule has 0 bridgehead atoms. The average Bonchev–Trinajstić information content (AvgIpc) is 2.10. The number of carbonyl (C=O) groups is 2. The van der Waals surface area contributed by atoms with Crippen LogP contribution in [-0.4, -0.2) is 29.3 Å². The number of nitrogens with zero attached hydrogens (tertiary/aromatic N) is 1. The molecule has 0 saturated heterocycles. The van der Waals surface area contributed by atoms with Crippen LogP contribution in [0.4, 0.5) is 0 Å². The van der Waals surface area contributed by atoms with Crippen molar-refractivity contribution in [2.24, 2.45) is 11.3 Å². The molecule has 17 heavy (non-hydrogen) atoms. The van der Waals surface area contributed by atoms with Gasteiger partial charge in [-0.2, -0.15) is 0 Å². The zero-order chi connectivity index (χ0) is 13.9. The van der Waals surface area contributed by atoms with Gasteiger partial charge in [-0.05, 0) is 20.8 Å². The molecule has 0 aliphatic rings. The number of hydrogen-bond acceptors (Lipinski definition) is 5. The second-order valence-electron chi connectivity index (χ2n) is 5.54. The first-order valence-corrected chi connectivity index (χ1v) is 5.30. The van der Waals surface area contributed by atoms with Gasteiger partial charge in [-0.15, -0.1) is 0 Å². The normalized spacial score (nSPS) is 13.9. The summed E-state index contributed by atoms with van der Waals surface area (Å²) in [4.78, 5) is 32.6. The van der Waals surface area contributed by atoms with Crippen molar-refractivity contribution < 1.29 is 19.2 Å². The molecule has 6 nitrogen and oxygen atoms in total. The Morgan fingerprint density at radius 2 is 1.82 bits per heavy atom. The van der Waals surface area contributed by atoms with E-state index in [1.165, 1.54) is 13.8 Å². The van der Waals surface area contributed by atoms with Crippen LogP contribution in [0.2, 0.25) is 0 Å². The molecule has 0 aromatic rings. The predicted octanol–water partition coefficient (Wildman–Crippen LogP) is 1.45. The Bertz CT molecular complexity index is 316. The van der Waals surface area contributed by atoms with E-state index in [4.69, 9.17) is 4.74 Å². The van der Waals surface area contributed by atoms with Gasteiger partial charge < -0.3 is 9.53 Å². The zero-order valence-electron chi connectivity index (χ0n) is 10.9. The number of aldehydes is 1. The maximum Gasteiger partial charge on any atom is 0.317 e. The molecule has 0 heterocycles. The third-order valence-electron chi connectivity index (χ3n) is 2.22. The molecule has 0 aliphatic heterocycles. The lowest BCUT2D eigenvalue weighted by Gasteiger charge is -2.28. The largest absolute Gasteiger partial charge is 0.460 e. The van der Waals surface area contributed by atoms with Gasteiger partial charge in [0, 0.05) is 10.3 Å². The molecular formula is C11H19NO5. The molecule has 0 aliphatic carbocycles. The van der Waals surface area contributed by atoms with E-state index in [0.29, 0.717) is 6.29 Å². The molecule has 0 aromatic heterocycles. The fourth-order valence-corrected chi connectivity index (χ4v) is 1.22. The number of carbonyl (C=O) groups excluding carboxylic acids is 2. The number of hydrogen-bond donors (Lipinski definition) is 0. The van der Waals surface area contributed by atoms with E-state index in [1.807, 2.05) is 0 Å². The summed E-state index contributed by atoms with van der Waals surface area (Å²) < 4.78 is 5.09. The smallest absolute Gasteiger partial charge is 0.317 e. The van der Waals surface area contributed by atoms with Gasteiger partial charge in [0.2, 0.25) is 6.54 Å². The van der Waals surface area contributed by atoms with Gasteiger partial charge in [0.25, 0.3) is 0 Å². The van der Waals surface area contributed by atoms with E-state index < -0.39 is 34.4 Å². The van der Waals surface area contributed by atoms with E-state index in [1.54, 1.807) is 20.8 Å². The fourth-order valence-electron chi connectivity index (χ4n) is 1.22. The SMILES string of the molecule is CC(C)(C)OC(=O)[C@H](C[N+](=O)[O-])C(C)(C)C=O. The zero-order valence-corrected chi connectivity index (χ0v) is 10.9. The quantitative estimate of drug-likeness (QED) is 0.316. The van der Waals surface area contributed by atoms with E-state index in [0.717, 1.165) is 0 Å². The van der Waals surface area contributed by atoms with Gasteiger partial charge in [0.15, 0.2) is 0 Å². The lowest BCUT2D eigenvalue weighted by Crippen LogP contribution is -2.41. The van der Waals surface area contributed by atoms with Crippen molar-refractivity contribution >= 4 is 12.3 Å². The first-order chi connectivity index (χ1) is 7.49. The molecule has 6 heteroatoms. The van der Waals surface area contributed by atoms with Gasteiger partial charge in [0.1, 0.15) is 17.8 Å². The van der Waals surface area contributed by atoms with Crippen molar-refractivity contribution in [1.82, 2.24) is 0 Å². The number of esters is 1. The summed E-state index contributed by atoms with van der Waals surface area (Å²) in [5.41, 5.74) is -1.85. The van der Waals surface area contributed by atoms with E-state index in [9.17, 15) is 19.7 Å². The Morgan fingerprint density at radius 3 is 2.12 bits per heavy atom. The fraction of sp³-hybridized carbons (Fsp3) is 0.818. The van der Waals surface area contributed by atoms with E-state index >= 15 is 0 Å².